The highest BCUT2D eigenvalue weighted by atomic mass is 35.5. The largest absolute Gasteiger partial charge is 0.276 e. The van der Waals surface area contributed by atoms with Crippen LogP contribution in [0.15, 0.2) is 12.3 Å². The maximum Gasteiger partial charge on any atom is 0.0624 e. The number of rotatable bonds is 5. The summed E-state index contributed by atoms with van der Waals surface area (Å²) in [5.41, 5.74) is 1.17. The van der Waals surface area contributed by atoms with E-state index in [1.807, 2.05) is 17.9 Å². The first-order valence-electron chi connectivity index (χ1n) is 4.85. The average Bonchev–Trinajstić information content (AvgIpc) is 2.51. The zero-order chi connectivity index (χ0) is 9.68. The Balaban J connectivity index is 2.20. The molecule has 1 rings (SSSR count). The first-order valence-corrected chi connectivity index (χ1v) is 5.28. The van der Waals surface area contributed by atoms with E-state index in [9.17, 15) is 0 Å². The summed E-state index contributed by atoms with van der Waals surface area (Å²) in [6, 6.07) is 2.06. The van der Waals surface area contributed by atoms with Gasteiger partial charge in [0, 0.05) is 18.6 Å². The van der Waals surface area contributed by atoms with Gasteiger partial charge in [0.25, 0.3) is 0 Å². The SMILES string of the molecule is CCC(Cl)CCCc1ccn(C)n1. The van der Waals surface area contributed by atoms with Crippen LogP contribution in [0.1, 0.15) is 31.9 Å². The van der Waals surface area contributed by atoms with Gasteiger partial charge in [0.2, 0.25) is 0 Å². The van der Waals surface area contributed by atoms with E-state index in [1.54, 1.807) is 0 Å². The van der Waals surface area contributed by atoms with Gasteiger partial charge in [-0.05, 0) is 31.7 Å². The van der Waals surface area contributed by atoms with Gasteiger partial charge in [0.05, 0.1) is 5.69 Å². The molecule has 1 aromatic heterocycles. The Morgan fingerprint density at radius 1 is 1.62 bits per heavy atom. The topological polar surface area (TPSA) is 17.8 Å². The third kappa shape index (κ3) is 3.81. The van der Waals surface area contributed by atoms with Crippen molar-refractivity contribution < 1.29 is 0 Å². The summed E-state index contributed by atoms with van der Waals surface area (Å²) < 4.78 is 1.84. The first-order chi connectivity index (χ1) is 6.22. The Kier molecular flexibility index (Phi) is 4.29. The molecule has 1 unspecified atom stereocenters. The molecule has 0 aliphatic carbocycles. The lowest BCUT2D eigenvalue weighted by atomic mass is 10.1. The fourth-order valence-electron chi connectivity index (χ4n) is 1.31. The van der Waals surface area contributed by atoms with E-state index < -0.39 is 0 Å². The summed E-state index contributed by atoms with van der Waals surface area (Å²) in [7, 11) is 1.94. The number of aryl methyl sites for hydroxylation is 2. The van der Waals surface area contributed by atoms with Crippen LogP contribution < -0.4 is 0 Å². The molecule has 1 atom stereocenters. The van der Waals surface area contributed by atoms with Crippen molar-refractivity contribution in [2.75, 3.05) is 0 Å². The molecular weight excluding hydrogens is 184 g/mol. The van der Waals surface area contributed by atoms with Crippen molar-refractivity contribution in [1.82, 2.24) is 9.78 Å². The Labute approximate surface area is 84.9 Å². The van der Waals surface area contributed by atoms with E-state index in [0.29, 0.717) is 5.38 Å². The summed E-state index contributed by atoms with van der Waals surface area (Å²) in [5.74, 6) is 0. The second-order valence-corrected chi connectivity index (χ2v) is 4.00. The molecule has 0 aromatic carbocycles. The van der Waals surface area contributed by atoms with Gasteiger partial charge >= 0.3 is 0 Å². The van der Waals surface area contributed by atoms with Gasteiger partial charge < -0.3 is 0 Å². The van der Waals surface area contributed by atoms with Gasteiger partial charge in [-0.3, -0.25) is 4.68 Å². The maximum atomic E-state index is 6.01. The minimum atomic E-state index is 0.337. The lowest BCUT2D eigenvalue weighted by Gasteiger charge is -2.03. The van der Waals surface area contributed by atoms with Crippen LogP contribution in [-0.4, -0.2) is 15.2 Å². The van der Waals surface area contributed by atoms with Crippen molar-refractivity contribution in [1.29, 1.82) is 0 Å². The molecule has 1 aromatic rings. The van der Waals surface area contributed by atoms with Crippen molar-refractivity contribution in [3.8, 4) is 0 Å². The van der Waals surface area contributed by atoms with Gasteiger partial charge in [-0.25, -0.2) is 0 Å². The molecule has 0 aliphatic rings. The third-order valence-corrected chi connectivity index (χ3v) is 2.69. The van der Waals surface area contributed by atoms with Crippen LogP contribution in [0.2, 0.25) is 0 Å². The van der Waals surface area contributed by atoms with Crippen molar-refractivity contribution in [2.45, 2.75) is 38.0 Å². The van der Waals surface area contributed by atoms with Gasteiger partial charge in [-0.15, -0.1) is 11.6 Å². The number of hydrogen-bond acceptors (Lipinski definition) is 1. The molecule has 0 amide bonds. The Hall–Kier alpha value is -0.500. The molecular formula is C10H17ClN2. The quantitative estimate of drug-likeness (QED) is 0.669. The zero-order valence-corrected chi connectivity index (χ0v) is 9.09. The summed E-state index contributed by atoms with van der Waals surface area (Å²) in [4.78, 5) is 0. The molecule has 74 valence electrons. The molecule has 0 spiro atoms. The lowest BCUT2D eigenvalue weighted by molar-refractivity contribution is 0.656. The van der Waals surface area contributed by atoms with Crippen LogP contribution in [0.4, 0.5) is 0 Å². The van der Waals surface area contributed by atoms with E-state index in [1.165, 1.54) is 5.69 Å². The van der Waals surface area contributed by atoms with E-state index >= 15 is 0 Å². The summed E-state index contributed by atoms with van der Waals surface area (Å²) in [6.45, 7) is 2.12. The Morgan fingerprint density at radius 2 is 2.38 bits per heavy atom. The minimum Gasteiger partial charge on any atom is -0.276 e. The summed E-state index contributed by atoms with van der Waals surface area (Å²) >= 11 is 6.01. The fraction of sp³-hybridized carbons (Fsp3) is 0.700. The van der Waals surface area contributed by atoms with Gasteiger partial charge in [-0.2, -0.15) is 5.10 Å². The Morgan fingerprint density at radius 3 is 2.92 bits per heavy atom. The van der Waals surface area contributed by atoms with Crippen LogP contribution in [0.3, 0.4) is 0 Å². The van der Waals surface area contributed by atoms with E-state index in [2.05, 4.69) is 18.1 Å². The highest BCUT2D eigenvalue weighted by Gasteiger charge is 2.02. The van der Waals surface area contributed by atoms with E-state index in [4.69, 9.17) is 11.6 Å². The molecule has 0 aliphatic heterocycles. The number of halogens is 1. The normalized spacial score (nSPS) is 13.2. The van der Waals surface area contributed by atoms with Crippen LogP contribution >= 0.6 is 11.6 Å². The highest BCUT2D eigenvalue weighted by molar-refractivity contribution is 6.20. The summed E-state index contributed by atoms with van der Waals surface area (Å²) in [6.07, 6.45) is 6.31. The molecule has 13 heavy (non-hydrogen) atoms. The van der Waals surface area contributed by atoms with E-state index in [0.717, 1.165) is 25.7 Å². The number of alkyl halides is 1. The predicted molar refractivity (Wildman–Crippen MR) is 56.1 cm³/mol. The van der Waals surface area contributed by atoms with Crippen molar-refractivity contribution in [3.63, 3.8) is 0 Å². The standard InChI is InChI=1S/C10H17ClN2/c1-3-9(11)5-4-6-10-7-8-13(2)12-10/h7-9H,3-6H2,1-2H3. The molecule has 0 saturated carbocycles. The van der Waals surface area contributed by atoms with Crippen molar-refractivity contribution in [3.05, 3.63) is 18.0 Å². The molecule has 3 heteroatoms. The molecule has 0 N–H and O–H groups in total. The van der Waals surface area contributed by atoms with Crippen LogP contribution in [-0.2, 0) is 13.5 Å². The molecule has 2 nitrogen and oxygen atoms in total. The van der Waals surface area contributed by atoms with Crippen LogP contribution in [0.25, 0.3) is 0 Å². The van der Waals surface area contributed by atoms with Crippen molar-refractivity contribution in [2.24, 2.45) is 7.05 Å². The van der Waals surface area contributed by atoms with Gasteiger partial charge in [0.15, 0.2) is 0 Å². The summed E-state index contributed by atoms with van der Waals surface area (Å²) in [5, 5.41) is 4.64. The second-order valence-electron chi connectivity index (χ2n) is 3.38. The number of hydrogen-bond donors (Lipinski definition) is 0. The predicted octanol–water partition coefficient (Wildman–Crippen LogP) is 2.76. The van der Waals surface area contributed by atoms with Crippen molar-refractivity contribution >= 4 is 11.6 Å². The van der Waals surface area contributed by atoms with Gasteiger partial charge in [-0.1, -0.05) is 6.92 Å². The maximum absolute atomic E-state index is 6.01. The smallest absolute Gasteiger partial charge is 0.0624 e. The van der Waals surface area contributed by atoms with Gasteiger partial charge in [0.1, 0.15) is 0 Å². The monoisotopic (exact) mass is 200 g/mol. The van der Waals surface area contributed by atoms with Crippen LogP contribution in [0, 0.1) is 0 Å². The lowest BCUT2D eigenvalue weighted by Crippen LogP contribution is -1.98. The zero-order valence-electron chi connectivity index (χ0n) is 8.33. The molecule has 0 bridgehead atoms. The molecule has 1 heterocycles. The number of nitrogens with zero attached hydrogens (tertiary/aromatic N) is 2. The molecule has 0 saturated heterocycles. The third-order valence-electron chi connectivity index (χ3n) is 2.16. The average molecular weight is 201 g/mol. The highest BCUT2D eigenvalue weighted by Crippen LogP contribution is 2.11. The molecule has 0 fully saturated rings. The molecule has 0 radical (unpaired) electrons. The second kappa shape index (κ2) is 5.28. The van der Waals surface area contributed by atoms with Crippen LogP contribution in [0.5, 0.6) is 0 Å². The minimum absolute atomic E-state index is 0.337. The number of aromatic nitrogens is 2. The fourth-order valence-corrected chi connectivity index (χ4v) is 1.46. The first kappa shape index (κ1) is 10.6. The Bertz CT molecular complexity index is 245. The van der Waals surface area contributed by atoms with E-state index in [-0.39, 0.29) is 0 Å².